The Morgan fingerprint density at radius 2 is 1.90 bits per heavy atom. The van der Waals surface area contributed by atoms with Crippen molar-refractivity contribution in [1.82, 2.24) is 24.8 Å². The first-order chi connectivity index (χ1) is 15.0. The number of nitrogen functional groups attached to an aromatic ring is 1. The van der Waals surface area contributed by atoms with E-state index in [0.29, 0.717) is 40.0 Å². The molecule has 0 radical (unpaired) electrons. The summed E-state index contributed by atoms with van der Waals surface area (Å²) < 4.78 is 20.2. The van der Waals surface area contributed by atoms with Gasteiger partial charge >= 0.3 is 0 Å². The second kappa shape index (κ2) is 8.93. The van der Waals surface area contributed by atoms with Crippen molar-refractivity contribution < 1.29 is 9.13 Å². The number of hydrogen-bond acceptors (Lipinski definition) is 7. The maximum Gasteiger partial charge on any atom is 0.220 e. The van der Waals surface area contributed by atoms with Crippen LogP contribution in [-0.4, -0.2) is 51.6 Å². The molecule has 3 aromatic heterocycles. The molecule has 0 aromatic carbocycles. The summed E-state index contributed by atoms with van der Waals surface area (Å²) >= 11 is 0. The van der Waals surface area contributed by atoms with Crippen molar-refractivity contribution in [1.29, 1.82) is 0 Å². The maximum absolute atomic E-state index is 14.7. The van der Waals surface area contributed by atoms with Crippen LogP contribution in [0.3, 0.4) is 0 Å². The highest BCUT2D eigenvalue weighted by Crippen LogP contribution is 2.34. The van der Waals surface area contributed by atoms with Gasteiger partial charge in [-0.15, -0.1) is 0 Å². The summed E-state index contributed by atoms with van der Waals surface area (Å²) in [5.74, 6) is 0.670. The van der Waals surface area contributed by atoms with Gasteiger partial charge in [0.1, 0.15) is 11.4 Å². The molecule has 0 spiro atoms. The molecule has 1 fully saturated rings. The molecule has 162 valence electrons. The second-order valence-electron chi connectivity index (χ2n) is 7.75. The van der Waals surface area contributed by atoms with Crippen molar-refractivity contribution in [3.63, 3.8) is 0 Å². The Kier molecular flexibility index (Phi) is 6.08. The number of rotatable bonds is 5. The van der Waals surface area contributed by atoms with Gasteiger partial charge in [0, 0.05) is 23.4 Å². The van der Waals surface area contributed by atoms with E-state index in [9.17, 15) is 4.39 Å². The smallest absolute Gasteiger partial charge is 0.220 e. The van der Waals surface area contributed by atoms with Crippen molar-refractivity contribution in [3.05, 3.63) is 47.7 Å². The quantitative estimate of drug-likeness (QED) is 0.668. The van der Waals surface area contributed by atoms with Crippen LogP contribution in [-0.2, 0) is 0 Å². The van der Waals surface area contributed by atoms with Crippen LogP contribution in [0.5, 0.6) is 5.75 Å². The molecule has 0 atom stereocenters. The van der Waals surface area contributed by atoms with E-state index in [1.807, 2.05) is 6.07 Å². The summed E-state index contributed by atoms with van der Waals surface area (Å²) in [7, 11) is 1.57. The Labute approximate surface area is 181 Å². The fourth-order valence-electron chi connectivity index (χ4n) is 4.05. The number of methoxy groups -OCH3 is 1. The predicted molar refractivity (Wildman–Crippen MR) is 118 cm³/mol. The number of hydrogen-bond donors (Lipinski definition) is 1. The lowest BCUT2D eigenvalue weighted by Gasteiger charge is -2.30. The number of aryl methyl sites for hydroxylation is 1. The molecule has 7 nitrogen and oxygen atoms in total. The number of pyridine rings is 2. The fraction of sp³-hybridized carbons (Fsp3) is 0.391. The van der Waals surface area contributed by atoms with Crippen LogP contribution in [0.1, 0.15) is 37.1 Å². The molecule has 0 bridgehead atoms. The van der Waals surface area contributed by atoms with E-state index in [-0.39, 0.29) is 5.95 Å². The minimum Gasteiger partial charge on any atom is -0.494 e. The van der Waals surface area contributed by atoms with Crippen LogP contribution in [0.15, 0.2) is 30.5 Å². The Hall–Kier alpha value is -3.13. The molecule has 4 heterocycles. The number of anilines is 1. The zero-order valence-corrected chi connectivity index (χ0v) is 18.1. The molecule has 1 aliphatic rings. The Morgan fingerprint density at radius 3 is 2.61 bits per heavy atom. The van der Waals surface area contributed by atoms with Crippen molar-refractivity contribution in [2.24, 2.45) is 0 Å². The largest absolute Gasteiger partial charge is 0.494 e. The van der Waals surface area contributed by atoms with E-state index in [1.165, 1.54) is 0 Å². The molecule has 3 aromatic rings. The molecule has 4 rings (SSSR count). The predicted octanol–water partition coefficient (Wildman–Crippen LogP) is 3.84. The number of halogens is 1. The lowest BCUT2D eigenvalue weighted by molar-refractivity contribution is 0.221. The minimum atomic E-state index is -0.392. The van der Waals surface area contributed by atoms with E-state index in [1.54, 1.807) is 38.4 Å². The number of ether oxygens (including phenoxy) is 1. The van der Waals surface area contributed by atoms with E-state index in [2.05, 4.69) is 26.8 Å². The highest BCUT2D eigenvalue weighted by molar-refractivity contribution is 5.70. The molecule has 0 amide bonds. The topological polar surface area (TPSA) is 90.0 Å². The van der Waals surface area contributed by atoms with Gasteiger partial charge in [-0.1, -0.05) is 6.92 Å². The maximum atomic E-state index is 14.7. The van der Waals surface area contributed by atoms with Gasteiger partial charge in [-0.3, -0.25) is 4.98 Å². The van der Waals surface area contributed by atoms with Crippen molar-refractivity contribution in [2.45, 2.75) is 32.6 Å². The van der Waals surface area contributed by atoms with Gasteiger partial charge in [-0.05, 0) is 63.7 Å². The van der Waals surface area contributed by atoms with Crippen molar-refractivity contribution in [2.75, 3.05) is 32.5 Å². The normalized spacial score (nSPS) is 15.2. The second-order valence-corrected chi connectivity index (χ2v) is 7.75. The standard InChI is InChI=1S/C23H27FN6O/c1-4-30-11-8-15(9-12-30)18-13-19(29-23(25)28-18)22-20(31-3)6-5-17(27-22)16-7-10-26-14(2)21(16)24/h5-7,10,13,15H,4,8-9,11-12H2,1-3H3,(H2,25,28,29). The summed E-state index contributed by atoms with van der Waals surface area (Å²) in [4.78, 5) is 20.0. The Balaban J connectivity index is 1.75. The van der Waals surface area contributed by atoms with Gasteiger partial charge in [0.25, 0.3) is 0 Å². The average Bonchev–Trinajstić information content (AvgIpc) is 2.80. The van der Waals surface area contributed by atoms with Crippen LogP contribution in [0, 0.1) is 12.7 Å². The van der Waals surface area contributed by atoms with E-state index in [0.717, 1.165) is 38.2 Å². The summed E-state index contributed by atoms with van der Waals surface area (Å²) in [5.41, 5.74) is 9.25. The van der Waals surface area contributed by atoms with Crippen LogP contribution in [0.2, 0.25) is 0 Å². The molecular formula is C23H27FN6O. The molecular weight excluding hydrogens is 395 g/mol. The lowest BCUT2D eigenvalue weighted by Crippen LogP contribution is -2.32. The summed E-state index contributed by atoms with van der Waals surface area (Å²) in [5, 5.41) is 0. The Morgan fingerprint density at radius 1 is 1.13 bits per heavy atom. The molecule has 31 heavy (non-hydrogen) atoms. The van der Waals surface area contributed by atoms with Crippen LogP contribution >= 0.6 is 0 Å². The molecule has 1 saturated heterocycles. The van der Waals surface area contributed by atoms with E-state index in [4.69, 9.17) is 15.5 Å². The molecule has 1 aliphatic heterocycles. The molecule has 8 heteroatoms. The average molecular weight is 423 g/mol. The van der Waals surface area contributed by atoms with Gasteiger partial charge in [0.05, 0.1) is 24.2 Å². The molecule has 0 saturated carbocycles. The van der Waals surface area contributed by atoms with Crippen LogP contribution < -0.4 is 10.5 Å². The number of piperidine rings is 1. The lowest BCUT2D eigenvalue weighted by atomic mass is 9.92. The third-order valence-corrected chi connectivity index (χ3v) is 5.88. The van der Waals surface area contributed by atoms with Gasteiger partial charge in [-0.25, -0.2) is 19.3 Å². The molecule has 0 aliphatic carbocycles. The minimum absolute atomic E-state index is 0.200. The first-order valence-electron chi connectivity index (χ1n) is 10.5. The third-order valence-electron chi connectivity index (χ3n) is 5.88. The highest BCUT2D eigenvalue weighted by atomic mass is 19.1. The number of nitrogens with zero attached hydrogens (tertiary/aromatic N) is 5. The fourth-order valence-corrected chi connectivity index (χ4v) is 4.05. The summed E-state index contributed by atoms with van der Waals surface area (Å²) in [6.45, 7) is 6.95. The highest BCUT2D eigenvalue weighted by Gasteiger charge is 2.23. The SMILES string of the molecule is CCN1CCC(c2cc(-c3nc(-c4ccnc(C)c4F)ccc3OC)nc(N)n2)CC1. The zero-order valence-electron chi connectivity index (χ0n) is 18.1. The van der Waals surface area contributed by atoms with Crippen molar-refractivity contribution in [3.8, 4) is 28.4 Å². The number of likely N-dealkylation sites (tertiary alicyclic amines) is 1. The van der Waals surface area contributed by atoms with E-state index >= 15 is 0 Å². The summed E-state index contributed by atoms with van der Waals surface area (Å²) in [6, 6.07) is 7.05. The first-order valence-corrected chi connectivity index (χ1v) is 10.5. The Bertz CT molecular complexity index is 1080. The van der Waals surface area contributed by atoms with Gasteiger partial charge < -0.3 is 15.4 Å². The number of aromatic nitrogens is 4. The van der Waals surface area contributed by atoms with Crippen LogP contribution in [0.25, 0.3) is 22.6 Å². The first kappa shape index (κ1) is 21.1. The van der Waals surface area contributed by atoms with E-state index < -0.39 is 5.82 Å². The van der Waals surface area contributed by atoms with Gasteiger partial charge in [0.15, 0.2) is 5.82 Å². The monoisotopic (exact) mass is 422 g/mol. The van der Waals surface area contributed by atoms with Crippen LogP contribution in [0.4, 0.5) is 10.3 Å². The van der Waals surface area contributed by atoms with Crippen molar-refractivity contribution >= 4 is 5.95 Å². The van der Waals surface area contributed by atoms with Gasteiger partial charge in [0.2, 0.25) is 5.95 Å². The zero-order chi connectivity index (χ0) is 22.0. The number of nitrogens with two attached hydrogens (primary N) is 1. The molecule has 2 N–H and O–H groups in total. The molecule has 0 unspecified atom stereocenters. The van der Waals surface area contributed by atoms with Gasteiger partial charge in [-0.2, -0.15) is 0 Å². The summed E-state index contributed by atoms with van der Waals surface area (Å²) in [6.07, 6.45) is 3.62. The third kappa shape index (κ3) is 4.34.